The Balaban J connectivity index is 2.51. The van der Waals surface area contributed by atoms with Crippen molar-refractivity contribution in [2.45, 2.75) is 12.5 Å². The molecule has 2 aromatic rings. The van der Waals surface area contributed by atoms with Crippen LogP contribution in [0, 0.1) is 11.3 Å². The molecule has 0 spiro atoms. The summed E-state index contributed by atoms with van der Waals surface area (Å²) in [6.07, 6.45) is 0.372. The SMILES string of the molecule is N#CC[C@@H](N)c1cccc2ccsc12. The number of hydrogen-bond acceptors (Lipinski definition) is 3. The molecule has 2 N–H and O–H groups in total. The second-order valence-corrected chi connectivity index (χ2v) is 4.07. The summed E-state index contributed by atoms with van der Waals surface area (Å²) in [5.74, 6) is 0. The minimum atomic E-state index is -0.164. The van der Waals surface area contributed by atoms with Crippen molar-refractivity contribution in [1.29, 1.82) is 5.26 Å². The van der Waals surface area contributed by atoms with Crippen LogP contribution in [-0.2, 0) is 0 Å². The summed E-state index contributed by atoms with van der Waals surface area (Å²) >= 11 is 1.68. The monoisotopic (exact) mass is 202 g/mol. The van der Waals surface area contributed by atoms with E-state index in [1.54, 1.807) is 11.3 Å². The van der Waals surface area contributed by atoms with E-state index < -0.39 is 0 Å². The number of rotatable bonds is 2. The topological polar surface area (TPSA) is 49.8 Å². The van der Waals surface area contributed by atoms with Gasteiger partial charge >= 0.3 is 0 Å². The normalized spacial score (nSPS) is 12.6. The van der Waals surface area contributed by atoms with Gasteiger partial charge in [0.25, 0.3) is 0 Å². The molecule has 14 heavy (non-hydrogen) atoms. The van der Waals surface area contributed by atoms with Crippen LogP contribution in [0.25, 0.3) is 10.1 Å². The fourth-order valence-electron chi connectivity index (χ4n) is 1.52. The highest BCUT2D eigenvalue weighted by molar-refractivity contribution is 7.17. The fourth-order valence-corrected chi connectivity index (χ4v) is 2.49. The zero-order valence-corrected chi connectivity index (χ0v) is 8.42. The van der Waals surface area contributed by atoms with Crippen molar-refractivity contribution in [3.8, 4) is 6.07 Å². The van der Waals surface area contributed by atoms with Crippen LogP contribution >= 0.6 is 11.3 Å². The third kappa shape index (κ3) is 1.50. The Morgan fingerprint density at radius 1 is 1.43 bits per heavy atom. The first-order valence-corrected chi connectivity index (χ1v) is 5.29. The number of hydrogen-bond donors (Lipinski definition) is 1. The quantitative estimate of drug-likeness (QED) is 0.814. The van der Waals surface area contributed by atoms with Gasteiger partial charge in [-0.15, -0.1) is 11.3 Å². The van der Waals surface area contributed by atoms with Crippen LogP contribution in [-0.4, -0.2) is 0 Å². The van der Waals surface area contributed by atoms with Crippen LogP contribution in [0.3, 0.4) is 0 Å². The molecule has 0 bridgehead atoms. The predicted octanol–water partition coefficient (Wildman–Crippen LogP) is 2.81. The van der Waals surface area contributed by atoms with Crippen LogP contribution in [0.15, 0.2) is 29.6 Å². The molecule has 2 rings (SSSR count). The minimum absolute atomic E-state index is 0.164. The van der Waals surface area contributed by atoms with Crippen LogP contribution in [0.4, 0.5) is 0 Å². The van der Waals surface area contributed by atoms with Gasteiger partial charge in [-0.1, -0.05) is 18.2 Å². The van der Waals surface area contributed by atoms with Gasteiger partial charge in [0.1, 0.15) is 0 Å². The molecule has 1 heterocycles. The Morgan fingerprint density at radius 3 is 3.07 bits per heavy atom. The molecule has 0 aliphatic rings. The zero-order valence-electron chi connectivity index (χ0n) is 7.60. The summed E-state index contributed by atoms with van der Waals surface area (Å²) in [5, 5.41) is 11.9. The highest BCUT2D eigenvalue weighted by atomic mass is 32.1. The molecule has 0 amide bonds. The molecular formula is C11H10N2S. The first kappa shape index (κ1) is 9.20. The molecule has 3 heteroatoms. The van der Waals surface area contributed by atoms with Crippen molar-refractivity contribution in [2.24, 2.45) is 5.73 Å². The van der Waals surface area contributed by atoms with Gasteiger partial charge in [-0.3, -0.25) is 0 Å². The van der Waals surface area contributed by atoms with Gasteiger partial charge < -0.3 is 5.73 Å². The molecule has 0 radical (unpaired) electrons. The molecule has 1 atom stereocenters. The lowest BCUT2D eigenvalue weighted by Crippen LogP contribution is -2.08. The van der Waals surface area contributed by atoms with Crippen molar-refractivity contribution in [3.63, 3.8) is 0 Å². The maximum Gasteiger partial charge on any atom is 0.0641 e. The van der Waals surface area contributed by atoms with Crippen molar-refractivity contribution >= 4 is 21.4 Å². The molecule has 1 aromatic carbocycles. The number of thiophene rings is 1. The van der Waals surface area contributed by atoms with E-state index in [0.717, 1.165) is 5.56 Å². The minimum Gasteiger partial charge on any atom is -0.323 e. The van der Waals surface area contributed by atoms with Crippen molar-refractivity contribution in [2.75, 3.05) is 0 Å². The van der Waals surface area contributed by atoms with E-state index in [2.05, 4.69) is 18.2 Å². The molecule has 0 unspecified atom stereocenters. The molecule has 0 saturated carbocycles. The van der Waals surface area contributed by atoms with Crippen molar-refractivity contribution in [3.05, 3.63) is 35.2 Å². The van der Waals surface area contributed by atoms with E-state index in [1.165, 1.54) is 10.1 Å². The van der Waals surface area contributed by atoms with E-state index in [-0.39, 0.29) is 6.04 Å². The first-order chi connectivity index (χ1) is 6.83. The molecule has 2 nitrogen and oxygen atoms in total. The summed E-state index contributed by atoms with van der Waals surface area (Å²) < 4.78 is 1.20. The average Bonchev–Trinajstić information content (AvgIpc) is 2.65. The Labute approximate surface area is 86.6 Å². The second-order valence-electron chi connectivity index (χ2n) is 3.15. The lowest BCUT2D eigenvalue weighted by Gasteiger charge is -2.08. The third-order valence-corrected chi connectivity index (χ3v) is 3.20. The Hall–Kier alpha value is -1.37. The summed E-state index contributed by atoms with van der Waals surface area (Å²) in [6.45, 7) is 0. The van der Waals surface area contributed by atoms with Gasteiger partial charge in [0, 0.05) is 10.7 Å². The van der Waals surface area contributed by atoms with Gasteiger partial charge in [-0.05, 0) is 22.4 Å². The second kappa shape index (κ2) is 3.79. The largest absolute Gasteiger partial charge is 0.323 e. The Kier molecular flexibility index (Phi) is 2.49. The van der Waals surface area contributed by atoms with Crippen molar-refractivity contribution in [1.82, 2.24) is 0 Å². The molecule has 0 aliphatic heterocycles. The predicted molar refractivity (Wildman–Crippen MR) is 59.0 cm³/mol. The molecule has 1 aromatic heterocycles. The number of fused-ring (bicyclic) bond motifs is 1. The highest BCUT2D eigenvalue weighted by Gasteiger charge is 2.09. The number of nitrogens with two attached hydrogens (primary N) is 1. The molecular weight excluding hydrogens is 192 g/mol. The molecule has 0 aliphatic carbocycles. The lowest BCUT2D eigenvalue weighted by molar-refractivity contribution is 0.756. The smallest absolute Gasteiger partial charge is 0.0641 e. The molecule has 0 fully saturated rings. The molecule has 70 valence electrons. The van der Waals surface area contributed by atoms with Gasteiger partial charge in [0.05, 0.1) is 12.5 Å². The van der Waals surface area contributed by atoms with E-state index in [4.69, 9.17) is 11.0 Å². The van der Waals surface area contributed by atoms with Gasteiger partial charge in [-0.2, -0.15) is 5.26 Å². The summed E-state index contributed by atoms with van der Waals surface area (Å²) in [5.41, 5.74) is 7.00. The Morgan fingerprint density at radius 2 is 2.29 bits per heavy atom. The third-order valence-electron chi connectivity index (χ3n) is 2.22. The van der Waals surface area contributed by atoms with Crippen LogP contribution in [0.1, 0.15) is 18.0 Å². The van der Waals surface area contributed by atoms with Crippen LogP contribution in [0.5, 0.6) is 0 Å². The first-order valence-electron chi connectivity index (χ1n) is 4.41. The number of benzene rings is 1. The van der Waals surface area contributed by atoms with Crippen LogP contribution < -0.4 is 5.73 Å². The zero-order chi connectivity index (χ0) is 9.97. The van der Waals surface area contributed by atoms with E-state index >= 15 is 0 Å². The maximum atomic E-state index is 8.59. The standard InChI is InChI=1S/C11H10N2S/c12-6-4-10(13)9-3-1-2-8-5-7-14-11(8)9/h1-3,5,7,10H,4,13H2/t10-/m1/s1. The lowest BCUT2D eigenvalue weighted by atomic mass is 10.0. The fraction of sp³-hybridized carbons (Fsp3) is 0.182. The van der Waals surface area contributed by atoms with E-state index in [0.29, 0.717) is 6.42 Å². The summed E-state index contributed by atoms with van der Waals surface area (Å²) in [6, 6.07) is 10.1. The van der Waals surface area contributed by atoms with Gasteiger partial charge in [0.15, 0.2) is 0 Å². The average molecular weight is 202 g/mol. The van der Waals surface area contributed by atoms with E-state index in [1.807, 2.05) is 17.5 Å². The van der Waals surface area contributed by atoms with E-state index in [9.17, 15) is 0 Å². The summed E-state index contributed by atoms with van der Waals surface area (Å²) in [7, 11) is 0. The van der Waals surface area contributed by atoms with Gasteiger partial charge in [-0.25, -0.2) is 0 Å². The number of nitriles is 1. The summed E-state index contributed by atoms with van der Waals surface area (Å²) in [4.78, 5) is 0. The highest BCUT2D eigenvalue weighted by Crippen LogP contribution is 2.28. The molecule has 0 saturated heterocycles. The van der Waals surface area contributed by atoms with Gasteiger partial charge in [0.2, 0.25) is 0 Å². The number of nitrogens with zero attached hydrogens (tertiary/aromatic N) is 1. The van der Waals surface area contributed by atoms with Crippen molar-refractivity contribution < 1.29 is 0 Å². The van der Waals surface area contributed by atoms with Crippen LogP contribution in [0.2, 0.25) is 0 Å². The maximum absolute atomic E-state index is 8.59. The Bertz CT molecular complexity index is 481.